The van der Waals surface area contributed by atoms with E-state index in [4.69, 9.17) is 4.98 Å². The molecule has 1 heterocycles. The van der Waals surface area contributed by atoms with Crippen molar-refractivity contribution in [1.29, 1.82) is 0 Å². The van der Waals surface area contributed by atoms with E-state index in [0.717, 1.165) is 22.2 Å². The molecule has 4 aromatic rings. The molecule has 2 N–H and O–H groups in total. The Morgan fingerprint density at radius 3 is 2.31 bits per heavy atom. The SMILES string of the molecule is CC(=O)Nc1cccc(C(=O)Nc2cccc(-c3ccc4cc(C(C)C)ccc4n3)c2)c1. The molecule has 3 aromatic carbocycles. The van der Waals surface area contributed by atoms with Crippen molar-refractivity contribution in [3.8, 4) is 11.3 Å². The van der Waals surface area contributed by atoms with Crippen molar-refractivity contribution in [3.05, 3.63) is 90.0 Å². The summed E-state index contributed by atoms with van der Waals surface area (Å²) in [4.78, 5) is 28.8. The molecule has 5 nitrogen and oxygen atoms in total. The van der Waals surface area contributed by atoms with E-state index in [1.807, 2.05) is 30.3 Å². The van der Waals surface area contributed by atoms with Gasteiger partial charge in [0, 0.05) is 34.8 Å². The molecule has 4 rings (SSSR count). The smallest absolute Gasteiger partial charge is 0.255 e. The molecule has 0 atom stereocenters. The van der Waals surface area contributed by atoms with Crippen LogP contribution in [-0.2, 0) is 4.79 Å². The predicted octanol–water partition coefficient (Wildman–Crippen LogP) is 6.24. The number of hydrogen-bond acceptors (Lipinski definition) is 3. The van der Waals surface area contributed by atoms with Crippen LogP contribution in [0.15, 0.2) is 78.9 Å². The minimum Gasteiger partial charge on any atom is -0.326 e. The van der Waals surface area contributed by atoms with E-state index < -0.39 is 0 Å². The Morgan fingerprint density at radius 1 is 0.812 bits per heavy atom. The van der Waals surface area contributed by atoms with Gasteiger partial charge in [-0.1, -0.05) is 44.2 Å². The molecule has 0 spiro atoms. The molecule has 2 amide bonds. The number of nitrogens with zero attached hydrogens (tertiary/aromatic N) is 1. The summed E-state index contributed by atoms with van der Waals surface area (Å²) < 4.78 is 0. The van der Waals surface area contributed by atoms with Crippen LogP contribution in [0.25, 0.3) is 22.2 Å². The Hall–Kier alpha value is -3.99. The highest BCUT2D eigenvalue weighted by molar-refractivity contribution is 6.05. The maximum atomic E-state index is 12.7. The summed E-state index contributed by atoms with van der Waals surface area (Å²) in [7, 11) is 0. The number of aromatic nitrogens is 1. The summed E-state index contributed by atoms with van der Waals surface area (Å²) in [6.07, 6.45) is 0. The van der Waals surface area contributed by atoms with Gasteiger partial charge in [0.15, 0.2) is 0 Å². The lowest BCUT2D eigenvalue weighted by molar-refractivity contribution is -0.114. The molecule has 0 unspecified atom stereocenters. The molecule has 0 fully saturated rings. The fourth-order valence-electron chi connectivity index (χ4n) is 3.56. The molecule has 1 aromatic heterocycles. The first kappa shape index (κ1) is 21.2. The van der Waals surface area contributed by atoms with Gasteiger partial charge in [-0.3, -0.25) is 9.59 Å². The second kappa shape index (κ2) is 9.02. The molecule has 0 aliphatic heterocycles. The first-order chi connectivity index (χ1) is 15.4. The van der Waals surface area contributed by atoms with Gasteiger partial charge in [0.2, 0.25) is 5.91 Å². The number of anilines is 2. The lowest BCUT2D eigenvalue weighted by Crippen LogP contribution is -2.13. The summed E-state index contributed by atoms with van der Waals surface area (Å²) in [5.41, 5.74) is 5.72. The van der Waals surface area contributed by atoms with Gasteiger partial charge in [-0.15, -0.1) is 0 Å². The van der Waals surface area contributed by atoms with Crippen LogP contribution in [0.4, 0.5) is 11.4 Å². The van der Waals surface area contributed by atoms with Crippen LogP contribution in [0.5, 0.6) is 0 Å². The van der Waals surface area contributed by atoms with Crippen LogP contribution in [0.1, 0.15) is 42.6 Å². The fourth-order valence-corrected chi connectivity index (χ4v) is 3.56. The zero-order chi connectivity index (χ0) is 22.7. The van der Waals surface area contributed by atoms with E-state index in [-0.39, 0.29) is 11.8 Å². The van der Waals surface area contributed by atoms with Crippen LogP contribution < -0.4 is 10.6 Å². The molecule has 0 saturated heterocycles. The van der Waals surface area contributed by atoms with Crippen LogP contribution in [0.2, 0.25) is 0 Å². The molecule has 0 radical (unpaired) electrons. The van der Waals surface area contributed by atoms with Crippen molar-refractivity contribution >= 4 is 34.1 Å². The highest BCUT2D eigenvalue weighted by Gasteiger charge is 2.09. The number of carbonyl (C=O) groups excluding carboxylic acids is 2. The van der Waals surface area contributed by atoms with E-state index in [1.54, 1.807) is 24.3 Å². The van der Waals surface area contributed by atoms with Crippen LogP contribution in [0, 0.1) is 0 Å². The average molecular weight is 424 g/mol. The summed E-state index contributed by atoms with van der Waals surface area (Å²) >= 11 is 0. The number of hydrogen-bond donors (Lipinski definition) is 2. The van der Waals surface area contributed by atoms with Gasteiger partial charge in [0.1, 0.15) is 0 Å². The number of benzene rings is 3. The number of nitrogens with one attached hydrogen (secondary N) is 2. The summed E-state index contributed by atoms with van der Waals surface area (Å²) in [6, 6.07) is 24.9. The van der Waals surface area contributed by atoms with Gasteiger partial charge >= 0.3 is 0 Å². The highest BCUT2D eigenvalue weighted by Crippen LogP contribution is 2.26. The summed E-state index contributed by atoms with van der Waals surface area (Å²) in [5.74, 6) is 0.0407. The first-order valence-electron chi connectivity index (χ1n) is 10.6. The third-order valence-corrected chi connectivity index (χ3v) is 5.24. The quantitative estimate of drug-likeness (QED) is 0.399. The molecule has 32 heavy (non-hydrogen) atoms. The van der Waals surface area contributed by atoms with E-state index in [1.165, 1.54) is 12.5 Å². The molecule has 0 aliphatic rings. The summed E-state index contributed by atoms with van der Waals surface area (Å²) in [5, 5.41) is 6.73. The number of pyridine rings is 1. The van der Waals surface area contributed by atoms with Gasteiger partial charge in [-0.25, -0.2) is 4.98 Å². The highest BCUT2D eigenvalue weighted by atomic mass is 16.2. The van der Waals surface area contributed by atoms with Crippen molar-refractivity contribution in [2.24, 2.45) is 0 Å². The lowest BCUT2D eigenvalue weighted by atomic mass is 10.0. The largest absolute Gasteiger partial charge is 0.326 e. The Kier molecular flexibility index (Phi) is 5.99. The molecular weight excluding hydrogens is 398 g/mol. The zero-order valence-corrected chi connectivity index (χ0v) is 18.3. The van der Waals surface area contributed by atoms with E-state index in [0.29, 0.717) is 22.9 Å². The van der Waals surface area contributed by atoms with Crippen LogP contribution >= 0.6 is 0 Å². The molecule has 0 saturated carbocycles. The number of carbonyl (C=O) groups is 2. The maximum absolute atomic E-state index is 12.7. The monoisotopic (exact) mass is 423 g/mol. The topological polar surface area (TPSA) is 71.1 Å². The second-order valence-electron chi connectivity index (χ2n) is 8.10. The van der Waals surface area contributed by atoms with E-state index in [9.17, 15) is 9.59 Å². The Labute approximate surface area is 187 Å². The van der Waals surface area contributed by atoms with Gasteiger partial charge in [-0.05, 0) is 60.0 Å². The number of amides is 2. The third-order valence-electron chi connectivity index (χ3n) is 5.24. The van der Waals surface area contributed by atoms with Gasteiger partial charge in [-0.2, -0.15) is 0 Å². The van der Waals surface area contributed by atoms with E-state index in [2.05, 4.69) is 48.7 Å². The normalized spacial score (nSPS) is 10.9. The minimum atomic E-state index is -0.248. The van der Waals surface area contributed by atoms with Gasteiger partial charge < -0.3 is 10.6 Å². The molecule has 5 heteroatoms. The van der Waals surface area contributed by atoms with E-state index >= 15 is 0 Å². The van der Waals surface area contributed by atoms with Gasteiger partial charge in [0.05, 0.1) is 11.2 Å². The molecule has 0 bridgehead atoms. The number of rotatable bonds is 5. The van der Waals surface area contributed by atoms with Crippen molar-refractivity contribution in [3.63, 3.8) is 0 Å². The Bertz CT molecular complexity index is 1310. The molecular formula is C27H25N3O2. The fraction of sp³-hybridized carbons (Fsp3) is 0.148. The van der Waals surface area contributed by atoms with Crippen molar-refractivity contribution in [2.45, 2.75) is 26.7 Å². The minimum absolute atomic E-state index is 0.182. The number of fused-ring (bicyclic) bond motifs is 1. The first-order valence-corrected chi connectivity index (χ1v) is 10.6. The predicted molar refractivity (Wildman–Crippen MR) is 130 cm³/mol. The maximum Gasteiger partial charge on any atom is 0.255 e. The van der Waals surface area contributed by atoms with Crippen LogP contribution in [0.3, 0.4) is 0 Å². The Morgan fingerprint density at radius 2 is 1.56 bits per heavy atom. The zero-order valence-electron chi connectivity index (χ0n) is 18.3. The third kappa shape index (κ3) is 4.83. The van der Waals surface area contributed by atoms with Crippen molar-refractivity contribution in [1.82, 2.24) is 4.98 Å². The molecule has 160 valence electrons. The Balaban J connectivity index is 1.56. The lowest BCUT2D eigenvalue weighted by Gasteiger charge is -2.10. The average Bonchev–Trinajstić information content (AvgIpc) is 2.78. The van der Waals surface area contributed by atoms with Gasteiger partial charge in [0.25, 0.3) is 5.91 Å². The standard InChI is InChI=1S/C27H25N3O2/c1-17(2)19-10-12-26-21(14-19)11-13-25(30-26)20-6-4-9-24(15-20)29-27(32)22-7-5-8-23(16-22)28-18(3)31/h4-17H,1-3H3,(H,28,31)(H,29,32). The summed E-state index contributed by atoms with van der Waals surface area (Å²) in [6.45, 7) is 5.79. The van der Waals surface area contributed by atoms with Crippen molar-refractivity contribution < 1.29 is 9.59 Å². The molecule has 0 aliphatic carbocycles. The van der Waals surface area contributed by atoms with Crippen molar-refractivity contribution in [2.75, 3.05) is 10.6 Å². The van der Waals surface area contributed by atoms with Crippen LogP contribution in [-0.4, -0.2) is 16.8 Å². The second-order valence-corrected chi connectivity index (χ2v) is 8.10.